The van der Waals surface area contributed by atoms with Crippen LogP contribution in [0.15, 0.2) is 15.2 Å². The van der Waals surface area contributed by atoms with Gasteiger partial charge in [0, 0.05) is 26.0 Å². The zero-order chi connectivity index (χ0) is 15.2. The van der Waals surface area contributed by atoms with Gasteiger partial charge in [-0.15, -0.1) is 5.10 Å². The third kappa shape index (κ3) is 5.38. The zero-order valence-corrected chi connectivity index (χ0v) is 12.6. The van der Waals surface area contributed by atoms with E-state index in [1.165, 1.54) is 0 Å². The summed E-state index contributed by atoms with van der Waals surface area (Å²) in [7, 11) is 0. The average molecular weight is 281 g/mol. The van der Waals surface area contributed by atoms with Gasteiger partial charge in [-0.05, 0) is 34.1 Å². The van der Waals surface area contributed by atoms with Crippen molar-refractivity contribution in [3.63, 3.8) is 0 Å². The van der Waals surface area contributed by atoms with Crippen LogP contribution < -0.4 is 5.32 Å². The Balaban J connectivity index is 2.53. The van der Waals surface area contributed by atoms with E-state index in [2.05, 4.69) is 27.2 Å². The number of aliphatic imine (C=N–C) groups is 1. The van der Waals surface area contributed by atoms with Crippen LogP contribution in [-0.4, -0.2) is 54.6 Å². The Bertz CT molecular complexity index is 411. The van der Waals surface area contributed by atoms with Crippen molar-refractivity contribution in [2.75, 3.05) is 13.1 Å². The van der Waals surface area contributed by atoms with Crippen LogP contribution >= 0.6 is 0 Å². The van der Waals surface area contributed by atoms with Crippen LogP contribution in [0.25, 0.3) is 0 Å². The van der Waals surface area contributed by atoms with Gasteiger partial charge < -0.3 is 15.0 Å². The summed E-state index contributed by atoms with van der Waals surface area (Å²) in [5, 5.41) is 10.2. The van der Waals surface area contributed by atoms with Crippen LogP contribution in [0.2, 0.25) is 0 Å². The topological polar surface area (TPSA) is 78.7 Å². The van der Waals surface area contributed by atoms with Crippen LogP contribution in [0, 0.1) is 0 Å². The van der Waals surface area contributed by atoms with Crippen molar-refractivity contribution in [2.45, 2.75) is 45.8 Å². The van der Waals surface area contributed by atoms with Crippen LogP contribution in [0.1, 0.15) is 34.1 Å². The first-order valence-corrected chi connectivity index (χ1v) is 6.62. The Hall–Kier alpha value is -1.92. The Morgan fingerprint density at radius 3 is 2.75 bits per heavy atom. The molecule has 0 aliphatic carbocycles. The molecule has 0 aromatic carbocycles. The van der Waals surface area contributed by atoms with Gasteiger partial charge >= 0.3 is 6.09 Å². The van der Waals surface area contributed by atoms with E-state index in [4.69, 9.17) is 4.74 Å². The molecule has 1 fully saturated rings. The molecular weight excluding hydrogens is 258 g/mol. The number of ether oxygens (including phenoxy) is 1. The fourth-order valence-corrected chi connectivity index (χ4v) is 1.88. The second-order valence-corrected chi connectivity index (χ2v) is 5.51. The lowest BCUT2D eigenvalue weighted by Gasteiger charge is -2.22. The standard InChI is InChI=1S/C13H23N5O2/c1-6-15-11(17-14-5)18-8-7-10(9-18)16-12(19)20-13(2,3)4/h6,10H,5,7-9H2,1-4H3,(H,16,19)/b15-6?,17-11+/t10-/m1/s1. The lowest BCUT2D eigenvalue weighted by Crippen LogP contribution is -2.41. The molecule has 0 aromatic heterocycles. The third-order valence-electron chi connectivity index (χ3n) is 2.60. The van der Waals surface area contributed by atoms with E-state index in [0.717, 1.165) is 13.0 Å². The van der Waals surface area contributed by atoms with Crippen molar-refractivity contribution in [3.8, 4) is 0 Å². The minimum atomic E-state index is -0.492. The fraction of sp³-hybridized carbons (Fsp3) is 0.692. The summed E-state index contributed by atoms with van der Waals surface area (Å²) in [6.45, 7) is 12.0. The summed E-state index contributed by atoms with van der Waals surface area (Å²) in [5.41, 5.74) is -0.492. The first-order chi connectivity index (χ1) is 9.35. The summed E-state index contributed by atoms with van der Waals surface area (Å²) >= 11 is 0. The maximum Gasteiger partial charge on any atom is 0.407 e. The van der Waals surface area contributed by atoms with Gasteiger partial charge in [0.05, 0.1) is 6.04 Å². The third-order valence-corrected chi connectivity index (χ3v) is 2.60. The van der Waals surface area contributed by atoms with E-state index in [-0.39, 0.29) is 6.04 Å². The highest BCUT2D eigenvalue weighted by Gasteiger charge is 2.27. The van der Waals surface area contributed by atoms with Crippen molar-refractivity contribution < 1.29 is 9.53 Å². The highest BCUT2D eigenvalue weighted by Crippen LogP contribution is 2.12. The van der Waals surface area contributed by atoms with Crippen LogP contribution in [0.5, 0.6) is 0 Å². The van der Waals surface area contributed by atoms with Gasteiger partial charge in [-0.3, -0.25) is 0 Å². The number of nitrogens with zero attached hydrogens (tertiary/aromatic N) is 4. The minimum Gasteiger partial charge on any atom is -0.444 e. The molecule has 7 nitrogen and oxygen atoms in total. The van der Waals surface area contributed by atoms with E-state index < -0.39 is 11.7 Å². The molecule has 0 aromatic rings. The number of hydrogen-bond donors (Lipinski definition) is 1. The van der Waals surface area contributed by atoms with Gasteiger partial charge in [0.1, 0.15) is 5.60 Å². The van der Waals surface area contributed by atoms with Crippen molar-refractivity contribution >= 4 is 25.0 Å². The van der Waals surface area contributed by atoms with Crippen LogP contribution in [-0.2, 0) is 4.74 Å². The Morgan fingerprint density at radius 1 is 1.50 bits per heavy atom. The van der Waals surface area contributed by atoms with E-state index in [1.807, 2.05) is 32.6 Å². The smallest absolute Gasteiger partial charge is 0.407 e. The van der Waals surface area contributed by atoms with Crippen molar-refractivity contribution in [1.29, 1.82) is 0 Å². The number of carbonyl (C=O) groups excluding carboxylic acids is 1. The molecule has 0 radical (unpaired) electrons. The summed E-state index contributed by atoms with van der Waals surface area (Å²) in [6, 6.07) is 0.0203. The first kappa shape index (κ1) is 16.1. The molecule has 20 heavy (non-hydrogen) atoms. The fourth-order valence-electron chi connectivity index (χ4n) is 1.88. The monoisotopic (exact) mass is 281 g/mol. The molecule has 1 heterocycles. The summed E-state index contributed by atoms with van der Waals surface area (Å²) in [6.07, 6.45) is 2.07. The van der Waals surface area contributed by atoms with Gasteiger partial charge in [0.15, 0.2) is 0 Å². The Morgan fingerprint density at radius 2 is 2.20 bits per heavy atom. The summed E-state index contributed by atoms with van der Waals surface area (Å²) in [5.74, 6) is 0.510. The van der Waals surface area contributed by atoms with E-state index in [1.54, 1.807) is 6.21 Å². The maximum atomic E-state index is 11.7. The van der Waals surface area contributed by atoms with Gasteiger partial charge in [0.2, 0.25) is 5.96 Å². The number of guanidine groups is 1. The molecule has 1 atom stereocenters. The number of amides is 1. The highest BCUT2D eigenvalue weighted by molar-refractivity contribution is 5.87. The highest BCUT2D eigenvalue weighted by atomic mass is 16.6. The van der Waals surface area contributed by atoms with E-state index >= 15 is 0 Å². The van der Waals surface area contributed by atoms with Gasteiger partial charge in [-0.1, -0.05) is 0 Å². The number of likely N-dealkylation sites (tertiary alicyclic amines) is 1. The lowest BCUT2D eigenvalue weighted by molar-refractivity contribution is 0.0507. The molecule has 0 bridgehead atoms. The number of alkyl carbamates (subject to hydrolysis) is 1. The van der Waals surface area contributed by atoms with Crippen LogP contribution in [0.4, 0.5) is 4.79 Å². The molecule has 1 N–H and O–H groups in total. The number of hydrogen-bond acceptors (Lipinski definition) is 4. The molecule has 1 rings (SSSR count). The lowest BCUT2D eigenvalue weighted by atomic mass is 10.2. The first-order valence-electron chi connectivity index (χ1n) is 6.62. The van der Waals surface area contributed by atoms with E-state index in [0.29, 0.717) is 12.5 Å². The average Bonchev–Trinajstić information content (AvgIpc) is 2.74. The predicted molar refractivity (Wildman–Crippen MR) is 80.5 cm³/mol. The number of rotatable bonds is 2. The second kappa shape index (κ2) is 7.02. The molecule has 0 saturated carbocycles. The van der Waals surface area contributed by atoms with Gasteiger partial charge in [-0.2, -0.15) is 5.10 Å². The summed E-state index contributed by atoms with van der Waals surface area (Å²) < 4.78 is 5.23. The molecule has 1 aliphatic rings. The zero-order valence-electron chi connectivity index (χ0n) is 12.6. The van der Waals surface area contributed by atoms with Crippen LogP contribution in [0.3, 0.4) is 0 Å². The van der Waals surface area contributed by atoms with E-state index in [9.17, 15) is 4.79 Å². The largest absolute Gasteiger partial charge is 0.444 e. The van der Waals surface area contributed by atoms with Gasteiger partial charge in [0.25, 0.3) is 0 Å². The quantitative estimate of drug-likeness (QED) is 0.475. The van der Waals surface area contributed by atoms with Crippen molar-refractivity contribution in [1.82, 2.24) is 10.2 Å². The second-order valence-electron chi connectivity index (χ2n) is 5.51. The Labute approximate surface area is 119 Å². The number of nitrogens with one attached hydrogen (secondary N) is 1. The molecule has 112 valence electrons. The predicted octanol–water partition coefficient (Wildman–Crippen LogP) is 1.65. The molecule has 7 heteroatoms. The molecule has 0 spiro atoms. The molecule has 1 aliphatic heterocycles. The molecular formula is C13H23N5O2. The maximum absolute atomic E-state index is 11.7. The SMILES string of the molecule is C=N/N=C(\N=CC)N1CC[C@@H](NC(=O)OC(C)(C)C)C1. The van der Waals surface area contributed by atoms with Gasteiger partial charge in [-0.25, -0.2) is 9.79 Å². The molecule has 1 amide bonds. The summed E-state index contributed by atoms with van der Waals surface area (Å²) in [4.78, 5) is 17.8. The van der Waals surface area contributed by atoms with Crippen molar-refractivity contribution in [2.24, 2.45) is 15.2 Å². The normalized spacial score (nSPS) is 20.3. The molecule has 0 unspecified atom stereocenters. The minimum absolute atomic E-state index is 0.0203. The molecule has 1 saturated heterocycles. The number of carbonyl (C=O) groups is 1. The Kier molecular flexibility index (Phi) is 5.66. The van der Waals surface area contributed by atoms with Crippen molar-refractivity contribution in [3.05, 3.63) is 0 Å².